The fraction of sp³-hybridized carbons (Fsp3) is 0.417. The number of aldehydes is 1. The fourth-order valence-corrected chi connectivity index (χ4v) is 2.13. The molecule has 14 heavy (non-hydrogen) atoms. The summed E-state index contributed by atoms with van der Waals surface area (Å²) in [5.41, 5.74) is 1.19. The maximum Gasteiger partial charge on any atom is 0.130 e. The monoisotopic (exact) mass is 192 g/mol. The summed E-state index contributed by atoms with van der Waals surface area (Å²) in [4.78, 5) is 11.1. The molecule has 0 aliphatic heterocycles. The van der Waals surface area contributed by atoms with E-state index >= 15 is 0 Å². The number of carbonyl (C=O) groups excluding carboxylic acids is 1. The Morgan fingerprint density at radius 1 is 1.36 bits per heavy atom. The maximum atomic E-state index is 12.7. The van der Waals surface area contributed by atoms with Gasteiger partial charge >= 0.3 is 0 Å². The SMILES string of the molecule is O=CC1(c2ccccc2CF)CCC1. The lowest BCUT2D eigenvalue weighted by atomic mass is 9.64. The topological polar surface area (TPSA) is 17.1 Å². The van der Waals surface area contributed by atoms with Crippen molar-refractivity contribution in [2.24, 2.45) is 0 Å². The minimum atomic E-state index is -0.480. The minimum absolute atomic E-state index is 0.372. The van der Waals surface area contributed by atoms with Crippen LogP contribution in [0.5, 0.6) is 0 Å². The zero-order valence-electron chi connectivity index (χ0n) is 8.00. The van der Waals surface area contributed by atoms with Gasteiger partial charge in [0.25, 0.3) is 0 Å². The molecular weight excluding hydrogens is 179 g/mol. The molecule has 1 saturated carbocycles. The van der Waals surface area contributed by atoms with Gasteiger partial charge in [0.1, 0.15) is 13.0 Å². The zero-order valence-corrected chi connectivity index (χ0v) is 8.00. The van der Waals surface area contributed by atoms with Gasteiger partial charge in [0, 0.05) is 0 Å². The minimum Gasteiger partial charge on any atom is -0.302 e. The van der Waals surface area contributed by atoms with E-state index in [-0.39, 0.29) is 5.41 Å². The average Bonchev–Trinajstić information content (AvgIpc) is 2.18. The lowest BCUT2D eigenvalue weighted by molar-refractivity contribution is -0.115. The molecule has 0 saturated heterocycles. The van der Waals surface area contributed by atoms with Crippen LogP contribution in [-0.2, 0) is 16.9 Å². The maximum absolute atomic E-state index is 12.7. The van der Waals surface area contributed by atoms with Gasteiger partial charge in [-0.05, 0) is 24.0 Å². The summed E-state index contributed by atoms with van der Waals surface area (Å²) in [6, 6.07) is 7.33. The van der Waals surface area contributed by atoms with Crippen LogP contribution in [0.15, 0.2) is 24.3 Å². The van der Waals surface area contributed by atoms with Crippen molar-refractivity contribution >= 4 is 6.29 Å². The van der Waals surface area contributed by atoms with E-state index < -0.39 is 6.67 Å². The van der Waals surface area contributed by atoms with Gasteiger partial charge in [0.2, 0.25) is 0 Å². The molecular formula is C12H13FO. The normalized spacial score (nSPS) is 18.6. The van der Waals surface area contributed by atoms with E-state index in [0.717, 1.165) is 31.1 Å². The fourth-order valence-electron chi connectivity index (χ4n) is 2.13. The van der Waals surface area contributed by atoms with Gasteiger partial charge in [-0.2, -0.15) is 0 Å². The van der Waals surface area contributed by atoms with E-state index in [1.807, 2.05) is 18.2 Å². The molecule has 1 nitrogen and oxygen atoms in total. The van der Waals surface area contributed by atoms with Crippen LogP contribution in [0.25, 0.3) is 0 Å². The van der Waals surface area contributed by atoms with Crippen molar-refractivity contribution in [2.45, 2.75) is 31.4 Å². The van der Waals surface area contributed by atoms with E-state index in [0.29, 0.717) is 5.56 Å². The number of halogens is 1. The van der Waals surface area contributed by atoms with Crippen molar-refractivity contribution in [3.05, 3.63) is 35.4 Å². The second-order valence-electron chi connectivity index (χ2n) is 3.92. The number of alkyl halides is 1. The lowest BCUT2D eigenvalue weighted by Crippen LogP contribution is -2.36. The smallest absolute Gasteiger partial charge is 0.130 e. The summed E-state index contributed by atoms with van der Waals surface area (Å²) < 4.78 is 12.7. The molecule has 1 aliphatic carbocycles. The van der Waals surface area contributed by atoms with Crippen LogP contribution < -0.4 is 0 Å². The first kappa shape index (κ1) is 9.38. The van der Waals surface area contributed by atoms with Gasteiger partial charge in [0.05, 0.1) is 5.41 Å². The summed E-state index contributed by atoms with van der Waals surface area (Å²) in [6.45, 7) is -0.480. The highest BCUT2D eigenvalue weighted by molar-refractivity contribution is 5.71. The number of rotatable bonds is 3. The van der Waals surface area contributed by atoms with E-state index in [4.69, 9.17) is 0 Å². The number of hydrogen-bond acceptors (Lipinski definition) is 1. The van der Waals surface area contributed by atoms with Crippen LogP contribution in [0.3, 0.4) is 0 Å². The summed E-state index contributed by atoms with van der Waals surface area (Å²) in [7, 11) is 0. The van der Waals surface area contributed by atoms with Gasteiger partial charge in [-0.1, -0.05) is 30.7 Å². The molecule has 1 fully saturated rings. The van der Waals surface area contributed by atoms with Crippen molar-refractivity contribution in [2.75, 3.05) is 0 Å². The predicted octanol–water partition coefficient (Wildman–Crippen LogP) is 2.78. The van der Waals surface area contributed by atoms with Crippen molar-refractivity contribution < 1.29 is 9.18 Å². The van der Waals surface area contributed by atoms with E-state index in [1.54, 1.807) is 6.07 Å². The molecule has 0 aromatic heterocycles. The second-order valence-corrected chi connectivity index (χ2v) is 3.92. The van der Waals surface area contributed by atoms with Gasteiger partial charge in [0.15, 0.2) is 0 Å². The Bertz CT molecular complexity index is 342. The summed E-state index contributed by atoms with van der Waals surface area (Å²) >= 11 is 0. The summed E-state index contributed by atoms with van der Waals surface area (Å²) in [5, 5.41) is 0. The van der Waals surface area contributed by atoms with Crippen LogP contribution in [0.1, 0.15) is 30.4 Å². The van der Waals surface area contributed by atoms with Gasteiger partial charge in [-0.3, -0.25) is 0 Å². The first-order chi connectivity index (χ1) is 6.82. The lowest BCUT2D eigenvalue weighted by Gasteiger charge is -2.38. The molecule has 0 bridgehead atoms. The molecule has 2 rings (SSSR count). The number of benzene rings is 1. The molecule has 74 valence electrons. The first-order valence-corrected chi connectivity index (χ1v) is 4.93. The Morgan fingerprint density at radius 3 is 2.57 bits per heavy atom. The largest absolute Gasteiger partial charge is 0.302 e. The van der Waals surface area contributed by atoms with Gasteiger partial charge < -0.3 is 4.79 Å². The number of carbonyl (C=O) groups is 1. The molecule has 0 atom stereocenters. The van der Waals surface area contributed by atoms with Gasteiger partial charge in [-0.15, -0.1) is 0 Å². The Hall–Kier alpha value is -1.18. The quantitative estimate of drug-likeness (QED) is 0.673. The van der Waals surface area contributed by atoms with Crippen LogP contribution in [0, 0.1) is 0 Å². The van der Waals surface area contributed by atoms with Crippen molar-refractivity contribution in [1.29, 1.82) is 0 Å². The Morgan fingerprint density at radius 2 is 2.07 bits per heavy atom. The average molecular weight is 192 g/mol. The van der Waals surface area contributed by atoms with Crippen molar-refractivity contribution in [1.82, 2.24) is 0 Å². The predicted molar refractivity (Wildman–Crippen MR) is 52.8 cm³/mol. The molecule has 1 aromatic rings. The molecule has 0 heterocycles. The van der Waals surface area contributed by atoms with Crippen LogP contribution >= 0.6 is 0 Å². The highest BCUT2D eigenvalue weighted by Crippen LogP contribution is 2.43. The molecule has 0 N–H and O–H groups in total. The molecule has 1 aliphatic rings. The molecule has 0 unspecified atom stereocenters. The third kappa shape index (κ3) is 1.26. The van der Waals surface area contributed by atoms with Crippen LogP contribution in [0.4, 0.5) is 4.39 Å². The zero-order chi connectivity index (χ0) is 10.0. The third-order valence-electron chi connectivity index (χ3n) is 3.17. The van der Waals surface area contributed by atoms with Crippen molar-refractivity contribution in [3.8, 4) is 0 Å². The second kappa shape index (κ2) is 3.52. The van der Waals surface area contributed by atoms with E-state index in [9.17, 15) is 9.18 Å². The summed E-state index contributed by atoms with van der Waals surface area (Å²) in [5.74, 6) is 0. The highest BCUT2D eigenvalue weighted by atomic mass is 19.1. The molecule has 0 spiro atoms. The van der Waals surface area contributed by atoms with E-state index in [1.165, 1.54) is 0 Å². The first-order valence-electron chi connectivity index (χ1n) is 4.93. The van der Waals surface area contributed by atoms with Gasteiger partial charge in [-0.25, -0.2) is 4.39 Å². The third-order valence-corrected chi connectivity index (χ3v) is 3.17. The molecule has 0 radical (unpaired) electrons. The summed E-state index contributed by atoms with van der Waals surface area (Å²) in [6.07, 6.45) is 3.80. The Labute approximate surface area is 82.9 Å². The van der Waals surface area contributed by atoms with Crippen molar-refractivity contribution in [3.63, 3.8) is 0 Å². The van der Waals surface area contributed by atoms with Crippen LogP contribution in [-0.4, -0.2) is 6.29 Å². The van der Waals surface area contributed by atoms with E-state index in [2.05, 4.69) is 0 Å². The Balaban J connectivity index is 2.43. The van der Waals surface area contributed by atoms with Crippen LogP contribution in [0.2, 0.25) is 0 Å². The molecule has 2 heteroatoms. The standard InChI is InChI=1S/C12H13FO/c13-8-10-4-1-2-5-11(10)12(9-14)6-3-7-12/h1-2,4-5,9H,3,6-8H2. The molecule has 1 aromatic carbocycles. The number of hydrogen-bond donors (Lipinski definition) is 0. The molecule has 0 amide bonds. The Kier molecular flexibility index (Phi) is 2.36. The highest BCUT2D eigenvalue weighted by Gasteiger charge is 2.39.